The molecule has 11 rings (SSSR count). The first-order valence-electron chi connectivity index (χ1n) is 14.5. The molecular formula is C37H23N5. The smallest absolute Gasteiger partial charge is 0.223 e. The highest BCUT2D eigenvalue weighted by Crippen LogP contribution is 2.53. The van der Waals surface area contributed by atoms with E-state index in [1.807, 2.05) is 0 Å². The Morgan fingerprint density at radius 2 is 1.05 bits per heavy atom. The second kappa shape index (κ2) is 6.72. The van der Waals surface area contributed by atoms with E-state index in [9.17, 15) is 0 Å². The van der Waals surface area contributed by atoms with Gasteiger partial charge in [0.25, 0.3) is 0 Å². The van der Waals surface area contributed by atoms with E-state index in [-0.39, 0.29) is 5.41 Å². The molecular weight excluding hydrogens is 514 g/mol. The van der Waals surface area contributed by atoms with Crippen molar-refractivity contribution < 1.29 is 0 Å². The van der Waals surface area contributed by atoms with Crippen LogP contribution in [0.2, 0.25) is 0 Å². The van der Waals surface area contributed by atoms with Gasteiger partial charge in [0, 0.05) is 5.41 Å². The predicted molar refractivity (Wildman–Crippen MR) is 171 cm³/mol. The summed E-state index contributed by atoms with van der Waals surface area (Å²) in [6.07, 6.45) is 0. The van der Waals surface area contributed by atoms with Crippen molar-refractivity contribution in [1.29, 1.82) is 0 Å². The maximum absolute atomic E-state index is 5.33. The van der Waals surface area contributed by atoms with Gasteiger partial charge in [-0.2, -0.15) is 0 Å². The lowest BCUT2D eigenvalue weighted by atomic mass is 9.81. The molecule has 0 atom stereocenters. The van der Waals surface area contributed by atoms with E-state index in [2.05, 4.69) is 130 Å². The summed E-state index contributed by atoms with van der Waals surface area (Å²) in [7, 11) is 0. The van der Waals surface area contributed by atoms with Crippen LogP contribution < -0.4 is 0 Å². The van der Waals surface area contributed by atoms with Crippen LogP contribution in [0.3, 0.4) is 0 Å². The minimum Gasteiger partial charge on any atom is -0.276 e. The lowest BCUT2D eigenvalue weighted by Crippen LogP contribution is -2.16. The number of benzene rings is 6. The van der Waals surface area contributed by atoms with Gasteiger partial charge in [-0.1, -0.05) is 86.6 Å². The van der Waals surface area contributed by atoms with E-state index < -0.39 is 0 Å². The maximum Gasteiger partial charge on any atom is 0.223 e. The van der Waals surface area contributed by atoms with Gasteiger partial charge in [0.05, 0.1) is 33.1 Å². The summed E-state index contributed by atoms with van der Waals surface area (Å²) in [5.74, 6) is 1.82. The minimum atomic E-state index is -0.167. The van der Waals surface area contributed by atoms with E-state index in [0.717, 1.165) is 33.6 Å². The lowest BCUT2D eigenvalue weighted by Gasteiger charge is -2.22. The number of fused-ring (bicyclic) bond motifs is 16. The highest BCUT2D eigenvalue weighted by Gasteiger charge is 2.40. The van der Waals surface area contributed by atoms with E-state index in [0.29, 0.717) is 0 Å². The molecule has 0 amide bonds. The normalized spacial score (nSPS) is 14.6. The highest BCUT2D eigenvalue weighted by molar-refractivity contribution is 6.11. The molecule has 4 heterocycles. The summed E-state index contributed by atoms with van der Waals surface area (Å²) in [6, 6.07) is 37.5. The fraction of sp³-hybridized carbons (Fsp3) is 0.0811. The van der Waals surface area contributed by atoms with Gasteiger partial charge in [-0.25, -0.2) is 14.4 Å². The largest absolute Gasteiger partial charge is 0.276 e. The number of rotatable bonds is 0. The quantitative estimate of drug-likeness (QED) is 0.194. The van der Waals surface area contributed by atoms with Crippen LogP contribution in [0.1, 0.15) is 25.0 Å². The lowest BCUT2D eigenvalue weighted by molar-refractivity contribution is 0.664. The van der Waals surface area contributed by atoms with Gasteiger partial charge >= 0.3 is 0 Å². The molecule has 10 aromatic rings. The maximum atomic E-state index is 5.33. The molecule has 0 saturated heterocycles. The standard InChI is InChI=1S/C37H23N5/c1-37(2)26-14-8-7-13-24(26)25-19-31-33-34(32(25)37)41-30-18-23-12-6-4-10-21(23)16-28(30)39-36(41)42(33)35-38-27-15-20-9-3-5-11-22(20)17-29(27)40(31)35/h3-19H,1-2H3. The molecule has 5 nitrogen and oxygen atoms in total. The fourth-order valence-electron chi connectivity index (χ4n) is 8.04. The van der Waals surface area contributed by atoms with Crippen LogP contribution in [-0.4, -0.2) is 23.2 Å². The van der Waals surface area contributed by atoms with Crippen molar-refractivity contribution in [3.63, 3.8) is 0 Å². The molecule has 0 spiro atoms. The van der Waals surface area contributed by atoms with Crippen LogP contribution in [0, 0.1) is 0 Å². The summed E-state index contributed by atoms with van der Waals surface area (Å²) in [5, 5.41) is 4.84. The van der Waals surface area contributed by atoms with E-state index in [1.165, 1.54) is 60.3 Å². The Hall–Kier alpha value is -5.42. The Kier molecular flexibility index (Phi) is 3.41. The molecule has 5 heteroatoms. The first-order valence-corrected chi connectivity index (χ1v) is 14.5. The van der Waals surface area contributed by atoms with E-state index in [1.54, 1.807) is 0 Å². The molecule has 0 aliphatic heterocycles. The Morgan fingerprint density at radius 1 is 0.500 bits per heavy atom. The number of imidazole rings is 4. The van der Waals surface area contributed by atoms with Gasteiger partial charge in [0.1, 0.15) is 5.52 Å². The van der Waals surface area contributed by atoms with Crippen molar-refractivity contribution in [2.45, 2.75) is 19.3 Å². The molecule has 0 unspecified atom stereocenters. The molecule has 196 valence electrons. The molecule has 1 aliphatic rings. The Labute approximate surface area is 239 Å². The molecule has 4 aromatic heterocycles. The van der Waals surface area contributed by atoms with Crippen LogP contribution in [0.25, 0.3) is 82.8 Å². The zero-order valence-corrected chi connectivity index (χ0v) is 23.1. The van der Waals surface area contributed by atoms with Gasteiger partial charge in [0.15, 0.2) is 0 Å². The molecule has 0 fully saturated rings. The minimum absolute atomic E-state index is 0.167. The zero-order valence-electron chi connectivity index (χ0n) is 23.1. The van der Waals surface area contributed by atoms with Crippen molar-refractivity contribution in [3.05, 3.63) is 114 Å². The average molecular weight is 538 g/mol. The van der Waals surface area contributed by atoms with E-state index in [4.69, 9.17) is 9.97 Å². The molecule has 0 N–H and O–H groups in total. The van der Waals surface area contributed by atoms with Gasteiger partial charge in [0.2, 0.25) is 11.6 Å². The van der Waals surface area contributed by atoms with Crippen LogP contribution in [0.15, 0.2) is 103 Å². The summed E-state index contributed by atoms with van der Waals surface area (Å²) < 4.78 is 7.07. The van der Waals surface area contributed by atoms with Crippen molar-refractivity contribution in [2.75, 3.05) is 0 Å². The molecule has 42 heavy (non-hydrogen) atoms. The van der Waals surface area contributed by atoms with Gasteiger partial charge < -0.3 is 0 Å². The second-order valence-corrected chi connectivity index (χ2v) is 12.4. The Morgan fingerprint density at radius 3 is 1.71 bits per heavy atom. The molecule has 0 radical (unpaired) electrons. The average Bonchev–Trinajstić information content (AvgIpc) is 3.76. The SMILES string of the molecule is CC1(C)c2ccccc2-c2cc3c4c(c21)n1c2cc5ccccc5cc2nc1n4c1nc2cc4ccccc4cc2n31. The fourth-order valence-corrected chi connectivity index (χ4v) is 8.04. The Bertz CT molecular complexity index is 2820. The van der Waals surface area contributed by atoms with Crippen molar-refractivity contribution in [3.8, 4) is 11.1 Å². The van der Waals surface area contributed by atoms with Crippen molar-refractivity contribution in [1.82, 2.24) is 23.2 Å². The summed E-state index contributed by atoms with van der Waals surface area (Å²) in [4.78, 5) is 10.6. The molecule has 0 saturated carbocycles. The summed E-state index contributed by atoms with van der Waals surface area (Å²) >= 11 is 0. The number of hydrogen-bond donors (Lipinski definition) is 0. The van der Waals surface area contributed by atoms with Gasteiger partial charge in [-0.15, -0.1) is 0 Å². The molecule has 6 aromatic carbocycles. The number of aromatic nitrogens is 5. The first kappa shape index (κ1) is 21.3. The van der Waals surface area contributed by atoms with E-state index >= 15 is 0 Å². The van der Waals surface area contributed by atoms with Crippen LogP contribution in [-0.2, 0) is 5.41 Å². The van der Waals surface area contributed by atoms with Crippen LogP contribution in [0.4, 0.5) is 0 Å². The third-order valence-electron chi connectivity index (χ3n) is 9.87. The topological polar surface area (TPSA) is 39.0 Å². The molecule has 0 bridgehead atoms. The van der Waals surface area contributed by atoms with Crippen molar-refractivity contribution in [2.24, 2.45) is 0 Å². The molecule has 1 aliphatic carbocycles. The van der Waals surface area contributed by atoms with Crippen LogP contribution >= 0.6 is 0 Å². The summed E-state index contributed by atoms with van der Waals surface area (Å²) in [5.41, 5.74) is 13.0. The Balaban J connectivity index is 1.45. The third-order valence-corrected chi connectivity index (χ3v) is 9.87. The second-order valence-electron chi connectivity index (χ2n) is 12.4. The monoisotopic (exact) mass is 537 g/mol. The predicted octanol–water partition coefficient (Wildman–Crippen LogP) is 8.74. The van der Waals surface area contributed by atoms with Crippen molar-refractivity contribution >= 4 is 71.7 Å². The van der Waals surface area contributed by atoms with Gasteiger partial charge in [-0.05, 0) is 74.1 Å². The number of hydrogen-bond acceptors (Lipinski definition) is 2. The first-order chi connectivity index (χ1) is 20.6. The van der Waals surface area contributed by atoms with Crippen LogP contribution in [0.5, 0.6) is 0 Å². The summed E-state index contributed by atoms with van der Waals surface area (Å²) in [6.45, 7) is 4.73. The highest BCUT2D eigenvalue weighted by atomic mass is 15.3. The zero-order chi connectivity index (χ0) is 27.5. The number of nitrogens with zero attached hydrogens (tertiary/aromatic N) is 5. The van der Waals surface area contributed by atoms with Gasteiger partial charge in [-0.3, -0.25) is 8.80 Å². The third kappa shape index (κ3) is 2.25.